The molecule has 9 heteroatoms. The van der Waals surface area contributed by atoms with Crippen LogP contribution in [0.2, 0.25) is 0 Å². The molecule has 2 aliphatic rings. The van der Waals surface area contributed by atoms with Gasteiger partial charge in [0.1, 0.15) is 16.8 Å². The molecule has 240 valence electrons. The van der Waals surface area contributed by atoms with Gasteiger partial charge in [-0.25, -0.2) is 14.6 Å². The van der Waals surface area contributed by atoms with E-state index >= 15 is 0 Å². The monoisotopic (exact) mass is 621 g/mol. The van der Waals surface area contributed by atoms with Crippen LogP contribution >= 0.6 is 0 Å². The van der Waals surface area contributed by atoms with E-state index in [4.69, 9.17) is 14.5 Å². The quantitative estimate of drug-likeness (QED) is 0.240. The third kappa shape index (κ3) is 6.23. The first-order valence-corrected chi connectivity index (χ1v) is 16.0. The number of amides is 1. The van der Waals surface area contributed by atoms with E-state index in [2.05, 4.69) is 69.6 Å². The fourth-order valence-electron chi connectivity index (χ4n) is 6.26. The Bertz CT molecular complexity index is 1840. The highest BCUT2D eigenvalue weighted by atomic mass is 16.6. The summed E-state index contributed by atoms with van der Waals surface area (Å²) in [5.41, 5.74) is 5.45. The highest BCUT2D eigenvalue weighted by Crippen LogP contribution is 2.43. The molecule has 0 spiro atoms. The zero-order valence-corrected chi connectivity index (χ0v) is 27.8. The SMILES string of the molecule is Cc1cc(-c2ccnn2C(=O)OC(C)(C)C)c2nc(-c3ccc(C4(NC(=O)OC(C)(C)C)CCC4)cc3)c(C3C=CC=CC3)n2c1. The van der Waals surface area contributed by atoms with E-state index in [1.165, 1.54) is 4.68 Å². The van der Waals surface area contributed by atoms with Crippen molar-refractivity contribution in [2.24, 2.45) is 0 Å². The van der Waals surface area contributed by atoms with Crippen molar-refractivity contribution in [3.63, 3.8) is 0 Å². The predicted octanol–water partition coefficient (Wildman–Crippen LogP) is 8.46. The molecule has 0 aliphatic heterocycles. The fourth-order valence-corrected chi connectivity index (χ4v) is 6.26. The largest absolute Gasteiger partial charge is 0.444 e. The summed E-state index contributed by atoms with van der Waals surface area (Å²) in [4.78, 5) is 31.2. The van der Waals surface area contributed by atoms with Crippen LogP contribution in [0.5, 0.6) is 0 Å². The average Bonchev–Trinajstić information content (AvgIpc) is 3.59. The molecule has 1 amide bonds. The van der Waals surface area contributed by atoms with Crippen molar-refractivity contribution in [3.8, 4) is 22.5 Å². The summed E-state index contributed by atoms with van der Waals surface area (Å²) in [6, 6.07) is 12.2. The summed E-state index contributed by atoms with van der Waals surface area (Å²) in [6.07, 6.45) is 14.9. The Morgan fingerprint density at radius 2 is 1.70 bits per heavy atom. The van der Waals surface area contributed by atoms with Gasteiger partial charge in [-0.3, -0.25) is 0 Å². The lowest BCUT2D eigenvalue weighted by atomic mass is 9.71. The lowest BCUT2D eigenvalue weighted by Gasteiger charge is -2.43. The number of benzene rings is 1. The summed E-state index contributed by atoms with van der Waals surface area (Å²) in [5, 5.41) is 7.48. The molecular weight excluding hydrogens is 578 g/mol. The molecule has 9 nitrogen and oxygen atoms in total. The average molecular weight is 622 g/mol. The number of nitrogens with zero attached hydrogens (tertiary/aromatic N) is 4. The van der Waals surface area contributed by atoms with E-state index in [9.17, 15) is 9.59 Å². The van der Waals surface area contributed by atoms with Gasteiger partial charge in [0.2, 0.25) is 0 Å². The van der Waals surface area contributed by atoms with Gasteiger partial charge >= 0.3 is 12.2 Å². The minimum absolute atomic E-state index is 0.104. The number of ether oxygens (including phenoxy) is 2. The molecule has 0 bridgehead atoms. The zero-order valence-electron chi connectivity index (χ0n) is 27.8. The number of aryl methyl sites for hydroxylation is 1. The summed E-state index contributed by atoms with van der Waals surface area (Å²) in [5.74, 6) is 0.104. The summed E-state index contributed by atoms with van der Waals surface area (Å²) in [6.45, 7) is 13.2. The topological polar surface area (TPSA) is 99.8 Å². The zero-order chi connectivity index (χ0) is 32.9. The lowest BCUT2D eigenvalue weighted by Crippen LogP contribution is -2.52. The third-order valence-electron chi connectivity index (χ3n) is 8.37. The molecule has 3 heterocycles. The van der Waals surface area contributed by atoms with Gasteiger partial charge in [0.05, 0.1) is 28.8 Å². The van der Waals surface area contributed by atoms with Crippen molar-refractivity contribution in [3.05, 3.63) is 89.9 Å². The van der Waals surface area contributed by atoms with Crippen LogP contribution in [0.1, 0.15) is 90.0 Å². The molecule has 1 saturated carbocycles. The Hall–Kier alpha value is -4.66. The van der Waals surface area contributed by atoms with Crippen LogP contribution in [0, 0.1) is 6.92 Å². The normalized spacial score (nSPS) is 17.5. The molecule has 1 N–H and O–H groups in total. The second kappa shape index (κ2) is 11.6. The Morgan fingerprint density at radius 1 is 0.978 bits per heavy atom. The Balaban J connectivity index is 1.44. The maximum absolute atomic E-state index is 13.2. The summed E-state index contributed by atoms with van der Waals surface area (Å²) in [7, 11) is 0. The smallest absolute Gasteiger partial charge is 0.435 e. The van der Waals surface area contributed by atoms with E-state index in [1.807, 2.05) is 60.6 Å². The molecule has 1 aromatic carbocycles. The molecule has 0 radical (unpaired) electrons. The fraction of sp³-hybridized carbons (Fsp3) is 0.405. The van der Waals surface area contributed by atoms with E-state index in [0.717, 1.165) is 65.0 Å². The number of nitrogens with one attached hydrogen (secondary N) is 1. The number of aromatic nitrogens is 4. The van der Waals surface area contributed by atoms with Crippen LogP contribution in [-0.4, -0.2) is 42.6 Å². The Kier molecular flexibility index (Phi) is 7.90. The number of rotatable bonds is 5. The Labute approximate surface area is 270 Å². The second-order valence-corrected chi connectivity index (χ2v) is 14.4. The van der Waals surface area contributed by atoms with Crippen LogP contribution in [0.3, 0.4) is 0 Å². The van der Waals surface area contributed by atoms with Gasteiger partial charge in [-0.1, -0.05) is 48.6 Å². The maximum atomic E-state index is 13.2. The van der Waals surface area contributed by atoms with Crippen LogP contribution in [0.25, 0.3) is 28.2 Å². The van der Waals surface area contributed by atoms with Gasteiger partial charge in [0.25, 0.3) is 0 Å². The molecule has 3 aromatic heterocycles. The first-order valence-electron chi connectivity index (χ1n) is 16.0. The number of alkyl carbamates (subject to hydrolysis) is 1. The van der Waals surface area contributed by atoms with E-state index in [-0.39, 0.29) is 5.92 Å². The minimum atomic E-state index is -0.663. The molecular formula is C37H43N5O4. The van der Waals surface area contributed by atoms with Gasteiger partial charge in [0.15, 0.2) is 0 Å². The third-order valence-corrected chi connectivity index (χ3v) is 8.37. The summed E-state index contributed by atoms with van der Waals surface area (Å²) >= 11 is 0. The van der Waals surface area contributed by atoms with E-state index in [1.54, 1.807) is 6.20 Å². The minimum Gasteiger partial charge on any atom is -0.444 e. The molecule has 0 saturated heterocycles. The van der Waals surface area contributed by atoms with Crippen molar-refractivity contribution < 1.29 is 19.1 Å². The molecule has 4 aromatic rings. The molecule has 2 aliphatic carbocycles. The highest BCUT2D eigenvalue weighted by Gasteiger charge is 2.41. The lowest BCUT2D eigenvalue weighted by molar-refractivity contribution is 0.0376. The molecule has 1 atom stereocenters. The number of carbonyl (C=O) groups excluding carboxylic acids is 2. The standard InChI is InChI=1S/C37H43N5O4/c1-24-22-28(29-18-21-38-42(29)34(44)46-36(5,6)7)32-39-30(31(41(32)23-24)26-12-9-8-10-13-26)25-14-16-27(17-15-25)37(19-11-20-37)40-33(43)45-35(2,3)4/h8-10,12,14-18,21-23,26H,11,13,19-20H2,1-7H3,(H,40,43). The second-order valence-electron chi connectivity index (χ2n) is 14.4. The highest BCUT2D eigenvalue weighted by molar-refractivity contribution is 5.85. The molecule has 1 unspecified atom stereocenters. The van der Waals surface area contributed by atoms with Crippen LogP contribution < -0.4 is 5.32 Å². The van der Waals surface area contributed by atoms with Crippen molar-refractivity contribution >= 4 is 17.8 Å². The van der Waals surface area contributed by atoms with Crippen molar-refractivity contribution in [2.75, 3.05) is 0 Å². The molecule has 46 heavy (non-hydrogen) atoms. The van der Waals surface area contributed by atoms with Crippen molar-refractivity contribution in [2.45, 2.75) is 96.8 Å². The van der Waals surface area contributed by atoms with Crippen LogP contribution in [-0.2, 0) is 15.0 Å². The van der Waals surface area contributed by atoms with Gasteiger partial charge in [-0.2, -0.15) is 9.78 Å². The number of imidazole rings is 1. The van der Waals surface area contributed by atoms with Crippen molar-refractivity contribution in [1.82, 2.24) is 24.5 Å². The van der Waals surface area contributed by atoms with Gasteiger partial charge in [-0.15, -0.1) is 0 Å². The maximum Gasteiger partial charge on any atom is 0.435 e. The number of fused-ring (bicyclic) bond motifs is 1. The summed E-state index contributed by atoms with van der Waals surface area (Å²) < 4.78 is 14.7. The first kappa shape index (κ1) is 31.3. The number of allylic oxidation sites excluding steroid dienone is 4. The number of hydrogen-bond acceptors (Lipinski definition) is 6. The van der Waals surface area contributed by atoms with Crippen molar-refractivity contribution in [1.29, 1.82) is 0 Å². The van der Waals surface area contributed by atoms with Crippen LogP contribution in [0.15, 0.2) is 73.1 Å². The molecule has 1 fully saturated rings. The van der Waals surface area contributed by atoms with E-state index in [0.29, 0.717) is 5.69 Å². The van der Waals surface area contributed by atoms with Gasteiger partial charge < -0.3 is 19.2 Å². The number of carbonyl (C=O) groups is 2. The van der Waals surface area contributed by atoms with E-state index < -0.39 is 28.9 Å². The van der Waals surface area contributed by atoms with Gasteiger partial charge in [0, 0.05) is 23.2 Å². The molecule has 6 rings (SSSR count). The number of hydrogen-bond donors (Lipinski definition) is 1. The number of pyridine rings is 1. The first-order chi connectivity index (χ1) is 21.7. The van der Waals surface area contributed by atoms with Crippen LogP contribution in [0.4, 0.5) is 9.59 Å². The Morgan fingerprint density at radius 3 is 2.30 bits per heavy atom. The predicted molar refractivity (Wildman–Crippen MR) is 179 cm³/mol. The van der Waals surface area contributed by atoms with Gasteiger partial charge in [-0.05, 0) is 97.4 Å².